The summed E-state index contributed by atoms with van der Waals surface area (Å²) in [6.45, 7) is 3.22. The van der Waals surface area contributed by atoms with Gasteiger partial charge >= 0.3 is 11.9 Å². The van der Waals surface area contributed by atoms with Crippen molar-refractivity contribution in [3.05, 3.63) is 40.5 Å². The molecule has 2 N–H and O–H groups in total. The van der Waals surface area contributed by atoms with Crippen LogP contribution in [0.25, 0.3) is 6.08 Å². The van der Waals surface area contributed by atoms with Crippen molar-refractivity contribution >= 4 is 18.0 Å². The minimum Gasteiger partial charge on any atom is -0.478 e. The second-order valence-corrected chi connectivity index (χ2v) is 4.66. The minimum atomic E-state index is -1.30. The van der Waals surface area contributed by atoms with Crippen LogP contribution < -0.4 is 9.47 Å². The number of benzene rings is 1. The van der Waals surface area contributed by atoms with Crippen molar-refractivity contribution in [1.29, 1.82) is 0 Å². The Hall–Kier alpha value is -2.76. The van der Waals surface area contributed by atoms with E-state index in [9.17, 15) is 19.8 Å². The van der Waals surface area contributed by atoms with E-state index < -0.39 is 11.9 Å². The van der Waals surface area contributed by atoms with Crippen LogP contribution in [0.5, 0.6) is 11.5 Å². The standard InChI is InChI=1S/C15H14O6/c1-8(2)13(15(18)19)10(14(16)17)5-9-3-4-11-12(6-9)21-7-20-11/h3-6H,7H2,1-2H3,(H,16,17)(H,18,19)/b10-5+. The van der Waals surface area contributed by atoms with Gasteiger partial charge in [-0.25, -0.2) is 9.59 Å². The van der Waals surface area contributed by atoms with E-state index in [1.807, 2.05) is 0 Å². The molecule has 0 fully saturated rings. The first-order chi connectivity index (χ1) is 9.90. The Morgan fingerprint density at radius 3 is 2.33 bits per heavy atom. The Labute approximate surface area is 120 Å². The van der Waals surface area contributed by atoms with Crippen LogP contribution in [0, 0.1) is 0 Å². The number of aliphatic carboxylic acids is 2. The van der Waals surface area contributed by atoms with E-state index in [2.05, 4.69) is 0 Å². The van der Waals surface area contributed by atoms with Crippen LogP contribution in [0.4, 0.5) is 0 Å². The number of carbonyl (C=O) groups is 2. The average Bonchev–Trinajstić information content (AvgIpc) is 2.84. The number of ether oxygens (including phenoxy) is 2. The molecule has 2 rings (SSSR count). The van der Waals surface area contributed by atoms with E-state index in [0.717, 1.165) is 0 Å². The fourth-order valence-corrected chi connectivity index (χ4v) is 2.01. The molecule has 1 aromatic rings. The zero-order valence-electron chi connectivity index (χ0n) is 11.5. The molecular weight excluding hydrogens is 276 g/mol. The van der Waals surface area contributed by atoms with Crippen molar-refractivity contribution in [2.24, 2.45) is 0 Å². The Balaban J connectivity index is 2.50. The van der Waals surface area contributed by atoms with E-state index in [1.54, 1.807) is 32.0 Å². The lowest BCUT2D eigenvalue weighted by molar-refractivity contribution is -0.136. The van der Waals surface area contributed by atoms with Gasteiger partial charge in [0.2, 0.25) is 6.79 Å². The summed E-state index contributed by atoms with van der Waals surface area (Å²) in [6, 6.07) is 4.90. The highest BCUT2D eigenvalue weighted by molar-refractivity contribution is 6.09. The normalized spacial score (nSPS) is 13.0. The molecule has 1 aliphatic rings. The number of hydrogen-bond donors (Lipinski definition) is 2. The summed E-state index contributed by atoms with van der Waals surface area (Å²) in [4.78, 5) is 22.6. The maximum atomic E-state index is 11.4. The lowest BCUT2D eigenvalue weighted by Crippen LogP contribution is -2.12. The number of allylic oxidation sites excluding steroid dienone is 1. The molecule has 0 atom stereocenters. The van der Waals surface area contributed by atoms with Crippen LogP contribution >= 0.6 is 0 Å². The molecule has 21 heavy (non-hydrogen) atoms. The Morgan fingerprint density at radius 1 is 1.10 bits per heavy atom. The summed E-state index contributed by atoms with van der Waals surface area (Å²) >= 11 is 0. The maximum absolute atomic E-state index is 11.4. The smallest absolute Gasteiger partial charge is 0.336 e. The van der Waals surface area contributed by atoms with Crippen molar-refractivity contribution in [1.82, 2.24) is 0 Å². The van der Waals surface area contributed by atoms with E-state index in [-0.39, 0.29) is 17.9 Å². The highest BCUT2D eigenvalue weighted by atomic mass is 16.7. The first-order valence-corrected chi connectivity index (χ1v) is 6.16. The lowest BCUT2D eigenvalue weighted by atomic mass is 9.99. The minimum absolute atomic E-state index is 0.114. The fourth-order valence-electron chi connectivity index (χ4n) is 2.01. The number of fused-ring (bicyclic) bond motifs is 1. The van der Waals surface area contributed by atoms with Crippen LogP contribution in [0.3, 0.4) is 0 Å². The molecule has 1 aromatic carbocycles. The number of carboxylic acid groups (broad SMARTS) is 2. The molecule has 6 nitrogen and oxygen atoms in total. The highest BCUT2D eigenvalue weighted by Crippen LogP contribution is 2.33. The maximum Gasteiger partial charge on any atom is 0.336 e. The first kappa shape index (κ1) is 14.6. The summed E-state index contributed by atoms with van der Waals surface area (Å²) in [7, 11) is 0. The van der Waals surface area contributed by atoms with Crippen LogP contribution in [-0.4, -0.2) is 28.9 Å². The molecule has 0 amide bonds. The monoisotopic (exact) mass is 290 g/mol. The second-order valence-electron chi connectivity index (χ2n) is 4.66. The third-order valence-corrected chi connectivity index (χ3v) is 2.92. The largest absolute Gasteiger partial charge is 0.478 e. The third-order valence-electron chi connectivity index (χ3n) is 2.92. The van der Waals surface area contributed by atoms with Crippen molar-refractivity contribution < 1.29 is 29.3 Å². The highest BCUT2D eigenvalue weighted by Gasteiger charge is 2.21. The molecule has 0 saturated heterocycles. The van der Waals surface area contributed by atoms with E-state index in [1.165, 1.54) is 6.08 Å². The quantitative estimate of drug-likeness (QED) is 0.653. The average molecular weight is 290 g/mol. The molecule has 0 bridgehead atoms. The fraction of sp³-hybridized carbons (Fsp3) is 0.200. The van der Waals surface area contributed by atoms with Gasteiger partial charge in [0.1, 0.15) is 0 Å². The van der Waals surface area contributed by atoms with Gasteiger partial charge in [-0.05, 0) is 37.6 Å². The molecule has 6 heteroatoms. The van der Waals surface area contributed by atoms with Gasteiger partial charge in [-0.3, -0.25) is 0 Å². The molecule has 0 unspecified atom stereocenters. The van der Waals surface area contributed by atoms with Crippen LogP contribution in [0.15, 0.2) is 34.9 Å². The van der Waals surface area contributed by atoms with E-state index >= 15 is 0 Å². The van der Waals surface area contributed by atoms with Gasteiger partial charge in [0.15, 0.2) is 11.5 Å². The molecule has 0 aromatic heterocycles. The number of carboxylic acids is 2. The predicted molar refractivity (Wildman–Crippen MR) is 74.2 cm³/mol. The van der Waals surface area contributed by atoms with Gasteiger partial charge in [0.05, 0.1) is 11.1 Å². The molecule has 1 heterocycles. The van der Waals surface area contributed by atoms with Gasteiger partial charge in [-0.1, -0.05) is 11.6 Å². The third kappa shape index (κ3) is 3.05. The molecule has 1 aliphatic heterocycles. The van der Waals surface area contributed by atoms with Crippen molar-refractivity contribution in [3.8, 4) is 11.5 Å². The summed E-state index contributed by atoms with van der Waals surface area (Å²) in [5.74, 6) is -1.50. The van der Waals surface area contributed by atoms with Gasteiger partial charge in [-0.15, -0.1) is 0 Å². The van der Waals surface area contributed by atoms with Crippen LogP contribution in [0.2, 0.25) is 0 Å². The first-order valence-electron chi connectivity index (χ1n) is 6.16. The number of rotatable bonds is 4. The van der Waals surface area contributed by atoms with E-state index in [0.29, 0.717) is 22.6 Å². The lowest BCUT2D eigenvalue weighted by Gasteiger charge is -2.07. The van der Waals surface area contributed by atoms with Crippen molar-refractivity contribution in [2.45, 2.75) is 13.8 Å². The molecule has 110 valence electrons. The molecule has 0 spiro atoms. The summed E-state index contributed by atoms with van der Waals surface area (Å²) in [5, 5.41) is 18.5. The van der Waals surface area contributed by atoms with Gasteiger partial charge in [0, 0.05) is 0 Å². The summed E-state index contributed by atoms with van der Waals surface area (Å²) in [6.07, 6.45) is 1.31. The van der Waals surface area contributed by atoms with Gasteiger partial charge < -0.3 is 19.7 Å². The van der Waals surface area contributed by atoms with Gasteiger partial charge in [-0.2, -0.15) is 0 Å². The zero-order valence-corrected chi connectivity index (χ0v) is 11.5. The topological polar surface area (TPSA) is 93.1 Å². The SMILES string of the molecule is CC(C)=C(C(=O)O)/C(=C\c1ccc2c(c1)OCO2)C(=O)O. The van der Waals surface area contributed by atoms with Crippen LogP contribution in [0.1, 0.15) is 19.4 Å². The van der Waals surface area contributed by atoms with Crippen molar-refractivity contribution in [2.75, 3.05) is 6.79 Å². The Kier molecular flexibility index (Phi) is 3.98. The van der Waals surface area contributed by atoms with Crippen LogP contribution in [-0.2, 0) is 9.59 Å². The Bertz CT molecular complexity index is 665. The summed E-state index contributed by atoms with van der Waals surface area (Å²) < 4.78 is 10.4. The Morgan fingerprint density at radius 2 is 1.76 bits per heavy atom. The second kappa shape index (κ2) is 5.70. The van der Waals surface area contributed by atoms with E-state index in [4.69, 9.17) is 9.47 Å². The van der Waals surface area contributed by atoms with Crippen molar-refractivity contribution in [3.63, 3.8) is 0 Å². The molecule has 0 aliphatic carbocycles. The zero-order chi connectivity index (χ0) is 15.6. The molecular formula is C15H14O6. The predicted octanol–water partition coefficient (Wildman–Crippen LogP) is 2.30. The molecule has 0 saturated carbocycles. The van der Waals surface area contributed by atoms with Gasteiger partial charge in [0.25, 0.3) is 0 Å². The summed E-state index contributed by atoms with van der Waals surface area (Å²) in [5.41, 5.74) is 0.440. The molecule has 0 radical (unpaired) electrons. The number of hydrogen-bond acceptors (Lipinski definition) is 4.